The molecule has 0 fully saturated rings. The van der Waals surface area contributed by atoms with Crippen LogP contribution in [0.4, 0.5) is 8.78 Å². The fraction of sp³-hybridized carbons (Fsp3) is 0.100. The molecule has 80 valence electrons. The van der Waals surface area contributed by atoms with Gasteiger partial charge in [0.25, 0.3) is 5.76 Å². The second-order valence-corrected chi connectivity index (χ2v) is 3.69. The highest BCUT2D eigenvalue weighted by Crippen LogP contribution is 2.25. The van der Waals surface area contributed by atoms with Crippen molar-refractivity contribution in [2.24, 2.45) is 0 Å². The molecule has 0 aliphatic rings. The number of benzene rings is 1. The molecule has 1 aromatic rings. The van der Waals surface area contributed by atoms with E-state index in [-0.39, 0.29) is 0 Å². The van der Waals surface area contributed by atoms with Crippen LogP contribution in [0.1, 0.15) is 5.56 Å². The highest BCUT2D eigenvalue weighted by molar-refractivity contribution is 7.99. The van der Waals surface area contributed by atoms with Crippen molar-refractivity contribution in [2.75, 3.05) is 0 Å². The average Bonchev–Trinajstić information content (AvgIpc) is 2.14. The Bertz CT molecular complexity index is 377. The van der Waals surface area contributed by atoms with Crippen molar-refractivity contribution < 1.29 is 18.7 Å². The van der Waals surface area contributed by atoms with Crippen LogP contribution in [0.2, 0.25) is 0 Å². The molecule has 0 heterocycles. The van der Waals surface area contributed by atoms with E-state index in [1.807, 2.05) is 0 Å². The van der Waals surface area contributed by atoms with Gasteiger partial charge in [0.1, 0.15) is 0 Å². The number of aliphatic carboxylic acids is 1. The maximum Gasteiger partial charge on any atom is 0.328 e. The fourth-order valence-corrected chi connectivity index (χ4v) is 1.53. The largest absolute Gasteiger partial charge is 0.478 e. The zero-order valence-electron chi connectivity index (χ0n) is 7.56. The molecule has 0 aliphatic heterocycles. The molecular weight excluding hydrogens is 222 g/mol. The van der Waals surface area contributed by atoms with Crippen LogP contribution in [-0.2, 0) is 4.79 Å². The number of carboxylic acid groups (broad SMARTS) is 1. The summed E-state index contributed by atoms with van der Waals surface area (Å²) in [6.45, 7) is 0. The third-order valence-electron chi connectivity index (χ3n) is 1.50. The van der Waals surface area contributed by atoms with Crippen molar-refractivity contribution in [3.05, 3.63) is 35.9 Å². The maximum absolute atomic E-state index is 12.0. The molecule has 2 nitrogen and oxygen atoms in total. The van der Waals surface area contributed by atoms with Gasteiger partial charge in [0, 0.05) is 11.0 Å². The first-order valence-electron chi connectivity index (χ1n) is 4.04. The van der Waals surface area contributed by atoms with Gasteiger partial charge in [0.2, 0.25) is 0 Å². The van der Waals surface area contributed by atoms with E-state index in [2.05, 4.69) is 0 Å². The lowest BCUT2D eigenvalue weighted by Gasteiger charge is -2.00. The Kier molecular flexibility index (Phi) is 4.30. The second-order valence-electron chi connectivity index (χ2n) is 2.62. The van der Waals surface area contributed by atoms with Crippen molar-refractivity contribution in [1.82, 2.24) is 0 Å². The minimum absolute atomic E-state index is 0.414. The van der Waals surface area contributed by atoms with E-state index in [9.17, 15) is 13.6 Å². The standard InChI is InChI=1S/C10H8F2O2S/c11-10(12)15-8-3-1-2-7(6-8)4-5-9(13)14/h1-6,10H,(H,13,14)/b5-4+. The van der Waals surface area contributed by atoms with Gasteiger partial charge in [0.05, 0.1) is 0 Å². The smallest absolute Gasteiger partial charge is 0.328 e. The lowest BCUT2D eigenvalue weighted by Crippen LogP contribution is -1.86. The molecule has 0 bridgehead atoms. The van der Waals surface area contributed by atoms with Crippen LogP contribution in [0.3, 0.4) is 0 Å². The molecule has 0 saturated carbocycles. The molecule has 0 aromatic heterocycles. The number of hydrogen-bond donors (Lipinski definition) is 1. The molecule has 15 heavy (non-hydrogen) atoms. The van der Waals surface area contributed by atoms with E-state index in [4.69, 9.17) is 5.11 Å². The Hall–Kier alpha value is -1.36. The van der Waals surface area contributed by atoms with E-state index >= 15 is 0 Å². The number of halogens is 2. The fourth-order valence-electron chi connectivity index (χ4n) is 0.962. The number of carboxylic acids is 1. The van der Waals surface area contributed by atoms with Gasteiger partial charge < -0.3 is 5.11 Å². The Morgan fingerprint density at radius 3 is 2.80 bits per heavy atom. The third kappa shape index (κ3) is 4.60. The molecular formula is C10H8F2O2S. The van der Waals surface area contributed by atoms with Gasteiger partial charge in [-0.05, 0) is 23.8 Å². The van der Waals surface area contributed by atoms with Crippen LogP contribution in [-0.4, -0.2) is 16.8 Å². The van der Waals surface area contributed by atoms with Crippen molar-refractivity contribution in [3.8, 4) is 0 Å². The summed E-state index contributed by atoms with van der Waals surface area (Å²) in [7, 11) is 0. The summed E-state index contributed by atoms with van der Waals surface area (Å²) in [6, 6.07) is 6.31. The minimum Gasteiger partial charge on any atom is -0.478 e. The maximum atomic E-state index is 12.0. The average molecular weight is 230 g/mol. The minimum atomic E-state index is -2.47. The Balaban J connectivity index is 2.78. The molecule has 0 radical (unpaired) electrons. The highest BCUT2D eigenvalue weighted by atomic mass is 32.2. The van der Waals surface area contributed by atoms with Gasteiger partial charge in [-0.15, -0.1) is 0 Å². The molecule has 1 N–H and O–H groups in total. The van der Waals surface area contributed by atoms with Gasteiger partial charge in [0.15, 0.2) is 0 Å². The second kappa shape index (κ2) is 5.50. The summed E-state index contributed by atoms with van der Waals surface area (Å²) in [5, 5.41) is 8.38. The molecule has 0 amide bonds. The summed E-state index contributed by atoms with van der Waals surface area (Å²) in [5.41, 5.74) is 0.586. The van der Waals surface area contributed by atoms with Crippen LogP contribution < -0.4 is 0 Å². The van der Waals surface area contributed by atoms with Crippen LogP contribution >= 0.6 is 11.8 Å². The van der Waals surface area contributed by atoms with Crippen LogP contribution in [0, 0.1) is 0 Å². The number of alkyl halides is 2. The number of thioether (sulfide) groups is 1. The van der Waals surface area contributed by atoms with Crippen LogP contribution in [0.15, 0.2) is 35.2 Å². The first kappa shape index (κ1) is 11.7. The normalized spacial score (nSPS) is 11.1. The SMILES string of the molecule is O=C(O)/C=C/c1cccc(SC(F)F)c1. The molecule has 0 saturated heterocycles. The topological polar surface area (TPSA) is 37.3 Å². The molecule has 5 heteroatoms. The first-order valence-corrected chi connectivity index (χ1v) is 4.92. The van der Waals surface area contributed by atoms with Gasteiger partial charge >= 0.3 is 5.97 Å². The lowest BCUT2D eigenvalue weighted by atomic mass is 10.2. The molecule has 0 atom stereocenters. The summed E-state index contributed by atoms with van der Waals surface area (Å²) in [6.07, 6.45) is 2.32. The predicted octanol–water partition coefficient (Wildman–Crippen LogP) is 3.10. The van der Waals surface area contributed by atoms with E-state index < -0.39 is 11.7 Å². The van der Waals surface area contributed by atoms with Crippen molar-refractivity contribution in [3.63, 3.8) is 0 Å². The van der Waals surface area contributed by atoms with E-state index in [1.165, 1.54) is 12.1 Å². The quantitative estimate of drug-likeness (QED) is 0.638. The number of hydrogen-bond acceptors (Lipinski definition) is 2. The van der Waals surface area contributed by atoms with Gasteiger partial charge in [-0.1, -0.05) is 23.9 Å². The molecule has 1 rings (SSSR count). The summed E-state index contributed by atoms with van der Waals surface area (Å²) in [5.74, 6) is -3.54. The lowest BCUT2D eigenvalue weighted by molar-refractivity contribution is -0.131. The monoisotopic (exact) mass is 230 g/mol. The third-order valence-corrected chi connectivity index (χ3v) is 2.21. The zero-order valence-corrected chi connectivity index (χ0v) is 8.38. The molecule has 0 aliphatic carbocycles. The Morgan fingerprint density at radius 1 is 1.47 bits per heavy atom. The van der Waals surface area contributed by atoms with Crippen molar-refractivity contribution >= 4 is 23.8 Å². The summed E-state index contributed by atoms with van der Waals surface area (Å²) < 4.78 is 24.0. The summed E-state index contributed by atoms with van der Waals surface area (Å²) in [4.78, 5) is 10.6. The van der Waals surface area contributed by atoms with Crippen LogP contribution in [0.25, 0.3) is 6.08 Å². The van der Waals surface area contributed by atoms with Gasteiger partial charge in [-0.25, -0.2) is 4.79 Å². The van der Waals surface area contributed by atoms with E-state index in [1.54, 1.807) is 18.2 Å². The Morgan fingerprint density at radius 2 is 2.20 bits per heavy atom. The van der Waals surface area contributed by atoms with E-state index in [0.29, 0.717) is 22.2 Å². The van der Waals surface area contributed by atoms with Crippen molar-refractivity contribution in [1.29, 1.82) is 0 Å². The molecule has 1 aromatic carbocycles. The zero-order chi connectivity index (χ0) is 11.3. The van der Waals surface area contributed by atoms with Gasteiger partial charge in [-0.2, -0.15) is 8.78 Å². The molecule has 0 spiro atoms. The predicted molar refractivity (Wildman–Crippen MR) is 55.0 cm³/mol. The number of carbonyl (C=O) groups is 1. The van der Waals surface area contributed by atoms with Crippen LogP contribution in [0.5, 0.6) is 0 Å². The highest BCUT2D eigenvalue weighted by Gasteiger charge is 2.04. The summed E-state index contributed by atoms with van der Waals surface area (Å²) >= 11 is 0.432. The first-order chi connectivity index (χ1) is 7.08. The number of rotatable bonds is 4. The van der Waals surface area contributed by atoms with Crippen molar-refractivity contribution in [2.45, 2.75) is 10.7 Å². The Labute approximate surface area is 89.6 Å². The van der Waals surface area contributed by atoms with Gasteiger partial charge in [-0.3, -0.25) is 0 Å². The van der Waals surface area contributed by atoms with E-state index in [0.717, 1.165) is 6.08 Å². The molecule has 0 unspecified atom stereocenters.